The number of ether oxygens (including phenoxy) is 1. The number of aromatic nitrogens is 2. The van der Waals surface area contributed by atoms with Gasteiger partial charge in [-0.25, -0.2) is 18.4 Å². The minimum absolute atomic E-state index is 0.150. The summed E-state index contributed by atoms with van der Waals surface area (Å²) < 4.78 is 33.5. The molecule has 5 rings (SSSR count). The summed E-state index contributed by atoms with van der Waals surface area (Å²) in [7, 11) is -2.19. The summed E-state index contributed by atoms with van der Waals surface area (Å²) in [6, 6.07) is 19.4. The minimum atomic E-state index is -3.75. The van der Waals surface area contributed by atoms with Gasteiger partial charge in [0.2, 0.25) is 11.8 Å². The normalized spacial score (nSPS) is 14.8. The number of sulfonamides is 1. The van der Waals surface area contributed by atoms with Crippen LogP contribution in [0.2, 0.25) is 0 Å². The lowest BCUT2D eigenvalue weighted by atomic mass is 9.87. The number of anilines is 2. The highest BCUT2D eigenvalue weighted by molar-refractivity contribution is 7.92. The van der Waals surface area contributed by atoms with Crippen LogP contribution in [0.25, 0.3) is 10.3 Å². The van der Waals surface area contributed by atoms with E-state index in [0.29, 0.717) is 45.9 Å². The number of methoxy groups -OCH3 is 1. The predicted octanol–water partition coefficient (Wildman–Crippen LogP) is 6.22. The molecule has 39 heavy (non-hydrogen) atoms. The number of fused-ring (bicyclic) bond motifs is 1. The average Bonchev–Trinajstić information content (AvgIpc) is 3.61. The van der Waals surface area contributed by atoms with Gasteiger partial charge in [0.25, 0.3) is 10.0 Å². The van der Waals surface area contributed by atoms with Crippen molar-refractivity contribution < 1.29 is 17.9 Å². The van der Waals surface area contributed by atoms with Gasteiger partial charge in [-0.2, -0.15) is 0 Å². The van der Waals surface area contributed by atoms with Crippen molar-refractivity contribution in [2.45, 2.75) is 49.8 Å². The smallest absolute Gasteiger partial charge is 0.264 e. The summed E-state index contributed by atoms with van der Waals surface area (Å²) in [5.74, 6) is 0.380. The fourth-order valence-corrected chi connectivity index (χ4v) is 7.52. The summed E-state index contributed by atoms with van der Waals surface area (Å²) in [5, 5.41) is 3.48. The number of amides is 1. The van der Waals surface area contributed by atoms with E-state index in [1.807, 2.05) is 31.2 Å². The molecule has 8 nitrogen and oxygen atoms in total. The van der Waals surface area contributed by atoms with Gasteiger partial charge in [0.1, 0.15) is 10.3 Å². The quantitative estimate of drug-likeness (QED) is 0.245. The Kier molecular flexibility index (Phi) is 8.13. The van der Waals surface area contributed by atoms with E-state index >= 15 is 0 Å². The van der Waals surface area contributed by atoms with Gasteiger partial charge in [-0.3, -0.25) is 9.10 Å². The molecule has 1 aliphatic rings. The van der Waals surface area contributed by atoms with E-state index in [2.05, 4.69) is 15.3 Å². The molecule has 0 aliphatic heterocycles. The molecule has 1 aliphatic carbocycles. The molecule has 2 aromatic heterocycles. The lowest BCUT2D eigenvalue weighted by Crippen LogP contribution is -2.30. The van der Waals surface area contributed by atoms with Crippen LogP contribution in [-0.2, 0) is 14.8 Å². The number of hydrogen-bond acceptors (Lipinski definition) is 7. The summed E-state index contributed by atoms with van der Waals surface area (Å²) in [6.45, 7) is 2.12. The monoisotopic (exact) mass is 564 g/mol. The highest BCUT2D eigenvalue weighted by Gasteiger charge is 2.29. The number of pyridine rings is 1. The maximum Gasteiger partial charge on any atom is 0.264 e. The molecule has 0 radical (unpaired) electrons. The molecule has 1 fully saturated rings. The Hall–Kier alpha value is -3.50. The molecule has 10 heteroatoms. The number of rotatable bonds is 10. The van der Waals surface area contributed by atoms with Crippen LogP contribution in [0.5, 0.6) is 5.88 Å². The van der Waals surface area contributed by atoms with Gasteiger partial charge in [0.05, 0.1) is 23.6 Å². The molecule has 0 spiro atoms. The molecular formula is C29H32N4O4S2. The third-order valence-corrected chi connectivity index (χ3v) is 10.0. The first-order valence-corrected chi connectivity index (χ1v) is 15.4. The van der Waals surface area contributed by atoms with Crippen molar-refractivity contribution in [2.75, 3.05) is 23.3 Å². The number of nitrogens with one attached hydrogen (secondary N) is 1. The van der Waals surface area contributed by atoms with Crippen LogP contribution in [0.3, 0.4) is 0 Å². The minimum Gasteiger partial charge on any atom is -0.481 e. The predicted molar refractivity (Wildman–Crippen MR) is 155 cm³/mol. The van der Waals surface area contributed by atoms with Crippen molar-refractivity contribution >= 4 is 48.4 Å². The molecule has 4 aromatic rings. The summed E-state index contributed by atoms with van der Waals surface area (Å²) in [4.78, 5) is 23.4. The zero-order valence-corrected chi connectivity index (χ0v) is 23.7. The molecule has 0 bridgehead atoms. The topological polar surface area (TPSA) is 101 Å². The number of nitrogens with zero attached hydrogens (tertiary/aromatic N) is 3. The maximum absolute atomic E-state index is 13.6. The first kappa shape index (κ1) is 27.1. The van der Waals surface area contributed by atoms with Crippen LogP contribution < -0.4 is 14.4 Å². The van der Waals surface area contributed by atoms with Crippen LogP contribution in [0.1, 0.15) is 50.5 Å². The van der Waals surface area contributed by atoms with E-state index in [4.69, 9.17) is 4.74 Å². The van der Waals surface area contributed by atoms with E-state index in [-0.39, 0.29) is 10.8 Å². The zero-order chi connectivity index (χ0) is 27.4. The molecule has 1 amide bonds. The van der Waals surface area contributed by atoms with E-state index in [1.165, 1.54) is 28.5 Å². The lowest BCUT2D eigenvalue weighted by molar-refractivity contribution is -0.118. The Morgan fingerprint density at radius 1 is 1.05 bits per heavy atom. The van der Waals surface area contributed by atoms with E-state index in [9.17, 15) is 13.2 Å². The second-order valence-corrected chi connectivity index (χ2v) is 12.5. The van der Waals surface area contributed by atoms with Crippen LogP contribution >= 0.6 is 11.3 Å². The number of hydrogen-bond donors (Lipinski definition) is 1. The molecule has 204 valence electrons. The Balaban J connectivity index is 1.40. The van der Waals surface area contributed by atoms with Crippen LogP contribution in [-0.4, -0.2) is 37.9 Å². The van der Waals surface area contributed by atoms with Gasteiger partial charge in [-0.1, -0.05) is 67.4 Å². The second-order valence-electron chi connectivity index (χ2n) is 9.70. The Bertz CT molecular complexity index is 1530. The Morgan fingerprint density at radius 3 is 2.44 bits per heavy atom. The largest absolute Gasteiger partial charge is 0.481 e. The van der Waals surface area contributed by atoms with Gasteiger partial charge in [-0.15, -0.1) is 0 Å². The van der Waals surface area contributed by atoms with Crippen molar-refractivity contribution in [1.82, 2.24) is 9.97 Å². The fraction of sp³-hybridized carbons (Fsp3) is 0.345. The number of thiazole rings is 1. The maximum atomic E-state index is 13.6. The third-order valence-electron chi connectivity index (χ3n) is 7.23. The highest BCUT2D eigenvalue weighted by atomic mass is 32.2. The Morgan fingerprint density at radius 2 is 1.77 bits per heavy atom. The Labute approximate surface area is 233 Å². The van der Waals surface area contributed by atoms with Crippen molar-refractivity contribution in [3.05, 3.63) is 72.3 Å². The van der Waals surface area contributed by atoms with Crippen molar-refractivity contribution in [2.24, 2.45) is 5.92 Å². The van der Waals surface area contributed by atoms with E-state index in [0.717, 1.165) is 18.4 Å². The van der Waals surface area contributed by atoms with Gasteiger partial charge in [-0.05, 0) is 55.2 Å². The lowest BCUT2D eigenvalue weighted by Gasteiger charge is -2.24. The number of carbonyl (C=O) groups excluding carboxylic acids is 1. The molecule has 1 unspecified atom stereocenters. The van der Waals surface area contributed by atoms with Gasteiger partial charge >= 0.3 is 0 Å². The van der Waals surface area contributed by atoms with Gasteiger partial charge in [0, 0.05) is 12.6 Å². The standard InChI is InChI=1S/C29H32N4O4S2/c1-3-33(22-11-5-4-6-12-22)39(35,36)23-15-13-21(14-16-23)24(19-20-9-7-8-10-20)27(34)32-29-30-25-17-18-26(37-2)31-28(25)38-29/h4-6,11-18,20,24H,3,7-10,19H2,1-2H3,(H,30,32,34). The molecule has 2 aromatic carbocycles. The molecular weight excluding hydrogens is 532 g/mol. The molecule has 2 heterocycles. The number of benzene rings is 2. The third kappa shape index (κ3) is 5.91. The van der Waals surface area contributed by atoms with Gasteiger partial charge < -0.3 is 10.1 Å². The van der Waals surface area contributed by atoms with Crippen LogP contribution in [0.4, 0.5) is 10.8 Å². The van der Waals surface area contributed by atoms with Crippen LogP contribution in [0, 0.1) is 5.92 Å². The van der Waals surface area contributed by atoms with E-state index in [1.54, 1.807) is 49.6 Å². The van der Waals surface area contributed by atoms with Crippen molar-refractivity contribution in [3.63, 3.8) is 0 Å². The average molecular weight is 565 g/mol. The second kappa shape index (κ2) is 11.7. The summed E-state index contributed by atoms with van der Waals surface area (Å²) >= 11 is 1.30. The van der Waals surface area contributed by atoms with E-state index < -0.39 is 15.9 Å². The molecule has 0 saturated heterocycles. The van der Waals surface area contributed by atoms with Crippen LogP contribution in [0.15, 0.2) is 71.6 Å². The highest BCUT2D eigenvalue weighted by Crippen LogP contribution is 2.36. The first-order chi connectivity index (χ1) is 18.9. The molecule has 1 saturated carbocycles. The number of carbonyl (C=O) groups is 1. The summed E-state index contributed by atoms with van der Waals surface area (Å²) in [5.41, 5.74) is 2.10. The molecule has 1 N–H and O–H groups in total. The zero-order valence-electron chi connectivity index (χ0n) is 22.0. The van der Waals surface area contributed by atoms with Crippen molar-refractivity contribution in [1.29, 1.82) is 0 Å². The SMILES string of the molecule is CCN(c1ccccc1)S(=O)(=O)c1ccc(C(CC2CCCC2)C(=O)Nc2nc3ccc(OC)nc3s2)cc1. The fourth-order valence-electron chi connectivity index (χ4n) is 5.22. The number of para-hydroxylation sites is 1. The molecule has 1 atom stereocenters. The first-order valence-electron chi connectivity index (χ1n) is 13.2. The van der Waals surface area contributed by atoms with Gasteiger partial charge in [0.15, 0.2) is 5.13 Å². The summed E-state index contributed by atoms with van der Waals surface area (Å²) in [6.07, 6.45) is 5.26. The van der Waals surface area contributed by atoms with Crippen molar-refractivity contribution in [3.8, 4) is 5.88 Å².